The molecule has 6 heteroatoms. The molecular formula is C13H21N3O2S. The van der Waals surface area contributed by atoms with Crippen LogP contribution in [0.25, 0.3) is 0 Å². The van der Waals surface area contributed by atoms with E-state index >= 15 is 0 Å². The molecule has 0 aliphatic heterocycles. The Bertz CT molecular complexity index is 498. The van der Waals surface area contributed by atoms with Crippen LogP contribution >= 0.6 is 0 Å². The monoisotopic (exact) mass is 283 g/mol. The van der Waals surface area contributed by atoms with Crippen molar-refractivity contribution in [1.82, 2.24) is 5.32 Å². The maximum atomic E-state index is 12.0. The van der Waals surface area contributed by atoms with Crippen molar-refractivity contribution >= 4 is 15.8 Å². The van der Waals surface area contributed by atoms with Gasteiger partial charge in [0, 0.05) is 13.1 Å². The van der Waals surface area contributed by atoms with E-state index in [1.54, 1.807) is 30.3 Å². The van der Waals surface area contributed by atoms with Crippen molar-refractivity contribution in [3.63, 3.8) is 0 Å². The maximum absolute atomic E-state index is 12.0. The van der Waals surface area contributed by atoms with E-state index in [0.29, 0.717) is 30.4 Å². The van der Waals surface area contributed by atoms with E-state index in [1.165, 1.54) is 0 Å². The van der Waals surface area contributed by atoms with Gasteiger partial charge in [-0.15, -0.1) is 0 Å². The highest BCUT2D eigenvalue weighted by Gasteiger charge is 2.12. The Morgan fingerprint density at radius 3 is 2.63 bits per heavy atom. The SMILES string of the molecule is CCCN=C(N)NCCCS(=O)(=O)c1ccccc1. The second-order valence-corrected chi connectivity index (χ2v) is 6.29. The summed E-state index contributed by atoms with van der Waals surface area (Å²) in [5.41, 5.74) is 5.61. The van der Waals surface area contributed by atoms with Crippen LogP contribution in [0.4, 0.5) is 0 Å². The normalized spacial score (nSPS) is 12.4. The summed E-state index contributed by atoms with van der Waals surface area (Å²) in [6.07, 6.45) is 1.43. The summed E-state index contributed by atoms with van der Waals surface area (Å²) in [5.74, 6) is 0.476. The second-order valence-electron chi connectivity index (χ2n) is 4.18. The van der Waals surface area contributed by atoms with Gasteiger partial charge in [-0.05, 0) is 25.0 Å². The molecule has 0 saturated heterocycles. The van der Waals surface area contributed by atoms with Gasteiger partial charge in [-0.25, -0.2) is 8.42 Å². The number of nitrogens with zero attached hydrogens (tertiary/aromatic N) is 1. The smallest absolute Gasteiger partial charge is 0.188 e. The first-order valence-corrected chi connectivity index (χ1v) is 8.03. The molecule has 1 aromatic rings. The third-order valence-electron chi connectivity index (χ3n) is 2.50. The Hall–Kier alpha value is -1.56. The number of benzene rings is 1. The average molecular weight is 283 g/mol. The lowest BCUT2D eigenvalue weighted by Crippen LogP contribution is -2.33. The van der Waals surface area contributed by atoms with Crippen LogP contribution in [0.5, 0.6) is 0 Å². The Labute approximate surface area is 114 Å². The summed E-state index contributed by atoms with van der Waals surface area (Å²) in [4.78, 5) is 4.43. The minimum absolute atomic E-state index is 0.102. The molecule has 0 radical (unpaired) electrons. The number of rotatable bonds is 7. The summed E-state index contributed by atoms with van der Waals surface area (Å²) in [6, 6.07) is 8.46. The lowest BCUT2D eigenvalue weighted by atomic mass is 10.4. The standard InChI is InChI=1S/C13H21N3O2S/c1-2-9-15-13(14)16-10-6-11-19(17,18)12-7-4-3-5-8-12/h3-5,7-8H,2,6,9-11H2,1H3,(H3,14,15,16). The molecule has 0 heterocycles. The van der Waals surface area contributed by atoms with Gasteiger partial charge < -0.3 is 11.1 Å². The van der Waals surface area contributed by atoms with Gasteiger partial charge in [0.1, 0.15) is 0 Å². The first-order valence-electron chi connectivity index (χ1n) is 6.38. The van der Waals surface area contributed by atoms with Crippen molar-refractivity contribution in [2.24, 2.45) is 10.7 Å². The molecule has 0 aliphatic carbocycles. The maximum Gasteiger partial charge on any atom is 0.188 e. The molecule has 1 aromatic carbocycles. The number of nitrogens with one attached hydrogen (secondary N) is 1. The fourth-order valence-electron chi connectivity index (χ4n) is 1.51. The summed E-state index contributed by atoms with van der Waals surface area (Å²) < 4.78 is 23.9. The average Bonchev–Trinajstić information content (AvgIpc) is 2.42. The predicted molar refractivity (Wildman–Crippen MR) is 77.9 cm³/mol. The van der Waals surface area contributed by atoms with Gasteiger partial charge in [0.05, 0.1) is 10.6 Å². The zero-order valence-corrected chi connectivity index (χ0v) is 12.0. The molecule has 0 aromatic heterocycles. The number of sulfone groups is 1. The van der Waals surface area contributed by atoms with E-state index in [-0.39, 0.29) is 5.75 Å². The Morgan fingerprint density at radius 2 is 2.00 bits per heavy atom. The van der Waals surface area contributed by atoms with Crippen LogP contribution in [0.1, 0.15) is 19.8 Å². The molecule has 0 fully saturated rings. The number of aliphatic imine (C=N–C) groups is 1. The zero-order chi connectivity index (χ0) is 14.1. The van der Waals surface area contributed by atoms with Gasteiger partial charge in [-0.1, -0.05) is 25.1 Å². The molecule has 0 unspecified atom stereocenters. The first-order chi connectivity index (χ1) is 9.06. The molecule has 5 nitrogen and oxygen atoms in total. The molecule has 0 saturated carbocycles. The van der Waals surface area contributed by atoms with E-state index in [1.807, 2.05) is 6.92 Å². The fourth-order valence-corrected chi connectivity index (χ4v) is 2.84. The van der Waals surface area contributed by atoms with Gasteiger partial charge in [0.25, 0.3) is 0 Å². The summed E-state index contributed by atoms with van der Waals surface area (Å²) in [7, 11) is -3.20. The van der Waals surface area contributed by atoms with Gasteiger partial charge in [0.2, 0.25) is 0 Å². The zero-order valence-electron chi connectivity index (χ0n) is 11.2. The number of nitrogens with two attached hydrogens (primary N) is 1. The molecular weight excluding hydrogens is 262 g/mol. The Morgan fingerprint density at radius 1 is 1.32 bits per heavy atom. The molecule has 3 N–H and O–H groups in total. The molecule has 0 bridgehead atoms. The van der Waals surface area contributed by atoms with Crippen LogP contribution in [0.2, 0.25) is 0 Å². The van der Waals surface area contributed by atoms with Crippen LogP contribution in [-0.4, -0.2) is 33.2 Å². The van der Waals surface area contributed by atoms with Crippen molar-refractivity contribution in [3.8, 4) is 0 Å². The van der Waals surface area contributed by atoms with Crippen molar-refractivity contribution < 1.29 is 8.42 Å². The van der Waals surface area contributed by atoms with E-state index in [9.17, 15) is 8.42 Å². The molecule has 0 aliphatic rings. The van der Waals surface area contributed by atoms with Crippen LogP contribution in [0.15, 0.2) is 40.2 Å². The van der Waals surface area contributed by atoms with Crippen molar-refractivity contribution in [3.05, 3.63) is 30.3 Å². The Kier molecular flexibility index (Phi) is 6.35. The summed E-state index contributed by atoms with van der Waals surface area (Å²) >= 11 is 0. The van der Waals surface area contributed by atoms with Gasteiger partial charge in [0.15, 0.2) is 15.8 Å². The van der Waals surface area contributed by atoms with Crippen LogP contribution in [0.3, 0.4) is 0 Å². The molecule has 0 atom stereocenters. The Balaban J connectivity index is 2.37. The largest absolute Gasteiger partial charge is 0.370 e. The number of hydrogen-bond acceptors (Lipinski definition) is 3. The third kappa shape index (κ3) is 5.74. The quantitative estimate of drug-likeness (QED) is 0.447. The van der Waals surface area contributed by atoms with Crippen LogP contribution < -0.4 is 11.1 Å². The lowest BCUT2D eigenvalue weighted by Gasteiger charge is -2.06. The van der Waals surface area contributed by atoms with Crippen molar-refractivity contribution in [2.45, 2.75) is 24.7 Å². The van der Waals surface area contributed by atoms with Crippen molar-refractivity contribution in [2.75, 3.05) is 18.8 Å². The molecule has 0 amide bonds. The van der Waals surface area contributed by atoms with Crippen LogP contribution in [-0.2, 0) is 9.84 Å². The van der Waals surface area contributed by atoms with Crippen LogP contribution in [0, 0.1) is 0 Å². The summed E-state index contributed by atoms with van der Waals surface area (Å²) in [6.45, 7) is 3.20. The number of guanidine groups is 1. The van der Waals surface area contributed by atoms with Crippen molar-refractivity contribution in [1.29, 1.82) is 0 Å². The number of hydrogen-bond donors (Lipinski definition) is 2. The van der Waals surface area contributed by atoms with E-state index in [0.717, 1.165) is 6.42 Å². The van der Waals surface area contributed by atoms with E-state index in [4.69, 9.17) is 5.73 Å². The van der Waals surface area contributed by atoms with Gasteiger partial charge in [-0.2, -0.15) is 0 Å². The minimum Gasteiger partial charge on any atom is -0.370 e. The molecule has 0 spiro atoms. The van der Waals surface area contributed by atoms with E-state index < -0.39 is 9.84 Å². The van der Waals surface area contributed by atoms with Gasteiger partial charge in [-0.3, -0.25) is 4.99 Å². The first kappa shape index (κ1) is 15.5. The predicted octanol–water partition coefficient (Wildman–Crippen LogP) is 1.16. The highest BCUT2D eigenvalue weighted by Crippen LogP contribution is 2.10. The highest BCUT2D eigenvalue weighted by molar-refractivity contribution is 7.91. The highest BCUT2D eigenvalue weighted by atomic mass is 32.2. The molecule has 106 valence electrons. The third-order valence-corrected chi connectivity index (χ3v) is 4.32. The molecule has 1 rings (SSSR count). The molecule has 19 heavy (non-hydrogen) atoms. The lowest BCUT2D eigenvalue weighted by molar-refractivity contribution is 0.592. The summed E-state index contributed by atoms with van der Waals surface area (Å²) in [5, 5.41) is 2.90. The second kappa shape index (κ2) is 7.78. The van der Waals surface area contributed by atoms with E-state index in [2.05, 4.69) is 10.3 Å². The fraction of sp³-hybridized carbons (Fsp3) is 0.462. The van der Waals surface area contributed by atoms with Gasteiger partial charge >= 0.3 is 0 Å². The topological polar surface area (TPSA) is 84.5 Å². The minimum atomic E-state index is -3.20.